The van der Waals surface area contributed by atoms with E-state index < -0.39 is 16.7 Å². The molecule has 4 aromatic rings. The van der Waals surface area contributed by atoms with Crippen molar-refractivity contribution >= 4 is 5.82 Å². The summed E-state index contributed by atoms with van der Waals surface area (Å²) in [5, 5.41) is 14.2. The molecule has 5 rings (SSSR count). The maximum absolute atomic E-state index is 12.6. The molecular weight excluding hydrogens is 469 g/mol. The first kappa shape index (κ1) is 23.8. The van der Waals surface area contributed by atoms with Gasteiger partial charge < -0.3 is 24.1 Å². The molecule has 35 heavy (non-hydrogen) atoms. The van der Waals surface area contributed by atoms with E-state index in [-0.39, 0.29) is 11.9 Å². The number of alkyl halides is 3. The second-order valence-corrected chi connectivity index (χ2v) is 7.60. The van der Waals surface area contributed by atoms with Crippen molar-refractivity contribution in [3.63, 3.8) is 0 Å². The fourth-order valence-corrected chi connectivity index (χ4v) is 3.33. The van der Waals surface area contributed by atoms with Gasteiger partial charge in [-0.3, -0.25) is 4.57 Å². The average molecular weight is 488 g/mol. The summed E-state index contributed by atoms with van der Waals surface area (Å²) in [4.78, 5) is 13.4. The third-order valence-corrected chi connectivity index (χ3v) is 5.07. The molecule has 0 bridgehead atoms. The van der Waals surface area contributed by atoms with Gasteiger partial charge in [-0.05, 0) is 48.2 Å². The molecule has 2 aromatic carbocycles. The zero-order chi connectivity index (χ0) is 25.2. The van der Waals surface area contributed by atoms with Gasteiger partial charge in [0.05, 0.1) is 19.2 Å². The smallest absolute Gasteiger partial charge is 0.416 e. The van der Waals surface area contributed by atoms with E-state index in [1.54, 1.807) is 29.9 Å². The Morgan fingerprint density at radius 1 is 1.11 bits per heavy atom. The largest absolute Gasteiger partial charge is 0.497 e. The highest BCUT2D eigenvalue weighted by Crippen LogP contribution is 2.32. The van der Waals surface area contributed by atoms with Crippen LogP contribution in [0.5, 0.6) is 11.8 Å². The van der Waals surface area contributed by atoms with Gasteiger partial charge in [0.15, 0.2) is 5.76 Å². The number of hydrogen-bond acceptors (Lipinski definition) is 7. The fourth-order valence-electron chi connectivity index (χ4n) is 3.33. The van der Waals surface area contributed by atoms with Crippen LogP contribution in [0.4, 0.5) is 19.0 Å². The third kappa shape index (κ3) is 5.42. The molecule has 12 heteroatoms. The van der Waals surface area contributed by atoms with E-state index in [0.717, 1.165) is 23.4 Å². The zero-order valence-corrected chi connectivity index (χ0v) is 18.5. The normalized spacial score (nSPS) is 14.5. The Labute approximate surface area is 196 Å². The highest BCUT2D eigenvalue weighted by Gasteiger charge is 2.30. The monoisotopic (exact) mass is 488 g/mol. The first-order chi connectivity index (χ1) is 16.6. The lowest BCUT2D eigenvalue weighted by atomic mass is 10.1. The molecule has 1 atom stereocenters. The van der Waals surface area contributed by atoms with Gasteiger partial charge in [0.25, 0.3) is 0 Å². The molecule has 182 valence electrons. The Morgan fingerprint density at radius 3 is 2.34 bits per heavy atom. The summed E-state index contributed by atoms with van der Waals surface area (Å²) < 4.78 is 54.8. The predicted molar refractivity (Wildman–Crippen MR) is 118 cm³/mol. The first-order valence-electron chi connectivity index (χ1n) is 10.3. The van der Waals surface area contributed by atoms with Crippen molar-refractivity contribution in [2.24, 2.45) is 0 Å². The summed E-state index contributed by atoms with van der Waals surface area (Å²) in [6, 6.07) is 14.0. The molecule has 1 aliphatic heterocycles. The Bertz CT molecular complexity index is 1290. The van der Waals surface area contributed by atoms with Gasteiger partial charge >= 0.3 is 18.0 Å². The van der Waals surface area contributed by atoms with Crippen LogP contribution in [0.25, 0.3) is 22.6 Å². The lowest BCUT2D eigenvalue weighted by molar-refractivity contribution is -0.389. The fraction of sp³-hybridized carbons (Fsp3) is 0.217. The molecule has 0 amide bonds. The summed E-state index contributed by atoms with van der Waals surface area (Å²) in [5.74, 6) is 0.974. The molecule has 0 N–H and O–H groups in total. The van der Waals surface area contributed by atoms with Gasteiger partial charge in [-0.1, -0.05) is 17.3 Å². The first-order valence-corrected chi connectivity index (χ1v) is 10.3. The van der Waals surface area contributed by atoms with Crippen LogP contribution in [0.3, 0.4) is 0 Å². The van der Waals surface area contributed by atoms with Crippen LogP contribution in [0, 0.1) is 10.1 Å². The third-order valence-electron chi connectivity index (χ3n) is 5.07. The number of aromatic nitrogens is 3. The molecule has 0 spiro atoms. The number of benzene rings is 2. The second-order valence-electron chi connectivity index (χ2n) is 7.60. The van der Waals surface area contributed by atoms with Crippen LogP contribution in [-0.4, -0.2) is 32.8 Å². The number of rotatable bonds is 4. The molecule has 1 unspecified atom stereocenters. The minimum absolute atomic E-state index is 0.0632. The van der Waals surface area contributed by atoms with Gasteiger partial charge in [-0.25, -0.2) is 0 Å². The van der Waals surface area contributed by atoms with E-state index in [2.05, 4.69) is 10.1 Å². The number of ether oxygens (including phenoxy) is 2. The molecule has 9 nitrogen and oxygen atoms in total. The molecule has 0 radical (unpaired) electrons. The molecule has 0 saturated carbocycles. The van der Waals surface area contributed by atoms with Gasteiger partial charge in [-0.15, -0.1) is 0 Å². The highest BCUT2D eigenvalue weighted by atomic mass is 19.4. The topological polar surface area (TPSA) is 105 Å². The number of methoxy groups -OCH3 is 1. The van der Waals surface area contributed by atoms with Crippen molar-refractivity contribution < 1.29 is 32.1 Å². The van der Waals surface area contributed by atoms with E-state index in [1.807, 2.05) is 19.1 Å². The summed E-state index contributed by atoms with van der Waals surface area (Å²) in [6.07, 6.45) is -2.90. The minimum atomic E-state index is -4.35. The van der Waals surface area contributed by atoms with Gasteiger partial charge in [0, 0.05) is 22.2 Å². The van der Waals surface area contributed by atoms with E-state index in [0.29, 0.717) is 29.6 Å². The van der Waals surface area contributed by atoms with E-state index in [9.17, 15) is 23.3 Å². The lowest BCUT2D eigenvalue weighted by Gasteiger charge is -2.06. The molecule has 0 fully saturated rings. The van der Waals surface area contributed by atoms with Crippen LogP contribution >= 0.6 is 0 Å². The molecular formula is C23H19F3N4O5. The van der Waals surface area contributed by atoms with Crippen LogP contribution in [0.1, 0.15) is 12.5 Å². The van der Waals surface area contributed by atoms with Crippen LogP contribution in [-0.2, 0) is 12.7 Å². The number of imidazole rings is 1. The van der Waals surface area contributed by atoms with Crippen molar-refractivity contribution in [1.82, 2.24) is 14.7 Å². The maximum atomic E-state index is 12.6. The Morgan fingerprint density at radius 2 is 1.77 bits per heavy atom. The number of fused-ring (bicyclic) bond motifs is 1. The Kier molecular flexibility index (Phi) is 6.45. The average Bonchev–Trinajstić information content (AvgIpc) is 3.54. The summed E-state index contributed by atoms with van der Waals surface area (Å²) in [7, 11) is 1.58. The lowest BCUT2D eigenvalue weighted by Crippen LogP contribution is -2.08. The minimum Gasteiger partial charge on any atom is -0.497 e. The Hall–Kier alpha value is -4.35. The molecule has 1 aliphatic rings. The number of nitro groups is 1. The summed E-state index contributed by atoms with van der Waals surface area (Å²) >= 11 is 0. The van der Waals surface area contributed by atoms with Crippen molar-refractivity contribution in [2.75, 3.05) is 7.11 Å². The van der Waals surface area contributed by atoms with Crippen molar-refractivity contribution in [3.05, 3.63) is 76.5 Å². The van der Waals surface area contributed by atoms with Crippen molar-refractivity contribution in [1.29, 1.82) is 0 Å². The highest BCUT2D eigenvalue weighted by molar-refractivity contribution is 5.67. The number of halogens is 3. The Balaban J connectivity index is 0.000000201. The molecule has 0 aliphatic carbocycles. The van der Waals surface area contributed by atoms with Crippen LogP contribution in [0.2, 0.25) is 0 Å². The van der Waals surface area contributed by atoms with E-state index in [4.69, 9.17) is 14.0 Å². The van der Waals surface area contributed by atoms with E-state index in [1.165, 1.54) is 18.3 Å². The standard InChI is InChI=1S/C17H12F3NO2.C6H7N3O3/c1-22-14-8-4-11(5-9-14)15-10-16(23-21-15)12-2-6-13(7-3-12)17(18,19)20;1-4-2-8-3-5(9(10)11)7-6(8)12-4/h2-10H,1H3;3-4H,2H2,1H3. The van der Waals surface area contributed by atoms with Gasteiger partial charge in [0.1, 0.15) is 23.7 Å². The molecule has 3 heterocycles. The van der Waals surface area contributed by atoms with Crippen LogP contribution < -0.4 is 9.47 Å². The predicted octanol–water partition coefficient (Wildman–Crippen LogP) is 5.61. The molecule has 2 aromatic heterocycles. The zero-order valence-electron chi connectivity index (χ0n) is 18.5. The summed E-state index contributed by atoms with van der Waals surface area (Å²) in [5.41, 5.74) is 1.26. The molecule has 0 saturated heterocycles. The summed E-state index contributed by atoms with van der Waals surface area (Å²) in [6.45, 7) is 2.52. The maximum Gasteiger partial charge on any atom is 0.416 e. The van der Waals surface area contributed by atoms with Crippen molar-refractivity contribution in [2.45, 2.75) is 25.7 Å². The van der Waals surface area contributed by atoms with Gasteiger partial charge in [0.2, 0.25) is 0 Å². The SMILES string of the molecule is CC1Cn2cc([N+](=O)[O-])nc2O1.COc1ccc(-c2cc(-c3ccc(C(F)(F)F)cc3)on2)cc1. The van der Waals surface area contributed by atoms with Crippen LogP contribution in [0.15, 0.2) is 65.3 Å². The quantitative estimate of drug-likeness (QED) is 0.272. The second kappa shape index (κ2) is 9.49. The van der Waals surface area contributed by atoms with E-state index >= 15 is 0 Å². The number of nitrogens with zero attached hydrogens (tertiary/aromatic N) is 4. The van der Waals surface area contributed by atoms with Crippen molar-refractivity contribution in [3.8, 4) is 34.3 Å². The number of hydrogen-bond donors (Lipinski definition) is 0. The van der Waals surface area contributed by atoms with Gasteiger partial charge in [-0.2, -0.15) is 13.2 Å².